The van der Waals surface area contributed by atoms with Crippen LogP contribution >= 0.6 is 0 Å². The van der Waals surface area contributed by atoms with Crippen molar-refractivity contribution in [3.8, 4) is 0 Å². The lowest BCUT2D eigenvalue weighted by Gasteiger charge is -2.36. The Morgan fingerprint density at radius 2 is 2.00 bits per heavy atom. The summed E-state index contributed by atoms with van der Waals surface area (Å²) in [4.78, 5) is 2.05. The lowest BCUT2D eigenvalue weighted by Crippen LogP contribution is -2.48. The molecule has 5 heteroatoms. The molecule has 1 heterocycles. The fourth-order valence-corrected chi connectivity index (χ4v) is 2.93. The molecule has 2 rings (SSSR count). The van der Waals surface area contributed by atoms with Gasteiger partial charge in [-0.05, 0) is 37.5 Å². The SMILES string of the molecule is Cc1ccc(N2CCCC(NC(C)C)C2)cc1C(F)(F)F. The fraction of sp³-hybridized carbons (Fsp3) is 0.625. The molecule has 1 saturated heterocycles. The maximum Gasteiger partial charge on any atom is 0.416 e. The number of rotatable bonds is 3. The highest BCUT2D eigenvalue weighted by Gasteiger charge is 2.33. The van der Waals surface area contributed by atoms with Gasteiger partial charge in [-0.15, -0.1) is 0 Å². The summed E-state index contributed by atoms with van der Waals surface area (Å²) in [5, 5.41) is 3.47. The van der Waals surface area contributed by atoms with E-state index in [1.165, 1.54) is 13.0 Å². The van der Waals surface area contributed by atoms with Gasteiger partial charge in [-0.1, -0.05) is 19.9 Å². The Balaban J connectivity index is 2.18. The molecule has 1 aliphatic rings. The number of nitrogens with zero attached hydrogens (tertiary/aromatic N) is 1. The molecule has 1 N–H and O–H groups in total. The fourth-order valence-electron chi connectivity index (χ4n) is 2.93. The molecular weight excluding hydrogens is 277 g/mol. The predicted molar refractivity (Wildman–Crippen MR) is 79.7 cm³/mol. The summed E-state index contributed by atoms with van der Waals surface area (Å²) in [6, 6.07) is 5.38. The zero-order chi connectivity index (χ0) is 15.6. The van der Waals surface area contributed by atoms with Crippen molar-refractivity contribution >= 4 is 5.69 Å². The van der Waals surface area contributed by atoms with E-state index in [4.69, 9.17) is 0 Å². The van der Waals surface area contributed by atoms with Crippen molar-refractivity contribution in [1.29, 1.82) is 0 Å². The molecule has 1 aliphatic heterocycles. The monoisotopic (exact) mass is 300 g/mol. The second kappa shape index (κ2) is 6.26. The first-order chi connectivity index (χ1) is 9.77. The highest BCUT2D eigenvalue weighted by Crippen LogP contribution is 2.34. The van der Waals surface area contributed by atoms with E-state index in [9.17, 15) is 13.2 Å². The molecule has 1 aromatic carbocycles. The minimum atomic E-state index is -4.29. The van der Waals surface area contributed by atoms with Crippen molar-refractivity contribution in [3.63, 3.8) is 0 Å². The van der Waals surface area contributed by atoms with Crippen LogP contribution in [0.5, 0.6) is 0 Å². The Hall–Kier alpha value is -1.23. The van der Waals surface area contributed by atoms with Crippen LogP contribution in [0.1, 0.15) is 37.8 Å². The molecule has 0 amide bonds. The maximum absolute atomic E-state index is 13.0. The van der Waals surface area contributed by atoms with Gasteiger partial charge in [0.1, 0.15) is 0 Å². The Kier molecular flexibility index (Phi) is 4.81. The van der Waals surface area contributed by atoms with Crippen molar-refractivity contribution in [2.45, 2.75) is 51.9 Å². The van der Waals surface area contributed by atoms with Gasteiger partial charge in [-0.2, -0.15) is 13.2 Å². The van der Waals surface area contributed by atoms with Crippen LogP contribution in [0.25, 0.3) is 0 Å². The zero-order valence-electron chi connectivity index (χ0n) is 12.8. The molecule has 21 heavy (non-hydrogen) atoms. The summed E-state index contributed by atoms with van der Waals surface area (Å²) in [5.41, 5.74) is 0.419. The van der Waals surface area contributed by atoms with Crippen LogP contribution in [0.4, 0.5) is 18.9 Å². The van der Waals surface area contributed by atoms with Gasteiger partial charge < -0.3 is 10.2 Å². The molecule has 2 nitrogen and oxygen atoms in total. The minimum absolute atomic E-state index is 0.278. The van der Waals surface area contributed by atoms with Crippen LogP contribution in [0.2, 0.25) is 0 Å². The summed E-state index contributed by atoms with van der Waals surface area (Å²) in [5.74, 6) is 0. The lowest BCUT2D eigenvalue weighted by molar-refractivity contribution is -0.138. The average molecular weight is 300 g/mol. The van der Waals surface area contributed by atoms with E-state index in [0.717, 1.165) is 25.9 Å². The normalized spacial score (nSPS) is 20.1. The van der Waals surface area contributed by atoms with Crippen LogP contribution in [0.15, 0.2) is 18.2 Å². The Labute approximate surface area is 124 Å². The van der Waals surface area contributed by atoms with Crippen LogP contribution in [-0.4, -0.2) is 25.2 Å². The van der Waals surface area contributed by atoms with Crippen LogP contribution in [0.3, 0.4) is 0 Å². The highest BCUT2D eigenvalue weighted by molar-refractivity contribution is 5.52. The number of hydrogen-bond acceptors (Lipinski definition) is 2. The van der Waals surface area contributed by atoms with Gasteiger partial charge in [0, 0.05) is 30.9 Å². The molecule has 0 saturated carbocycles. The zero-order valence-corrected chi connectivity index (χ0v) is 12.8. The van der Waals surface area contributed by atoms with Gasteiger partial charge in [0.05, 0.1) is 5.56 Å². The van der Waals surface area contributed by atoms with Gasteiger partial charge in [0.15, 0.2) is 0 Å². The second-order valence-electron chi connectivity index (χ2n) is 6.10. The van der Waals surface area contributed by atoms with E-state index in [1.54, 1.807) is 12.1 Å². The molecule has 0 radical (unpaired) electrons. The predicted octanol–water partition coefficient (Wildman–Crippen LogP) is 3.98. The summed E-state index contributed by atoms with van der Waals surface area (Å²) in [7, 11) is 0. The van der Waals surface area contributed by atoms with Crippen molar-refractivity contribution < 1.29 is 13.2 Å². The number of nitrogens with one attached hydrogen (secondary N) is 1. The van der Waals surface area contributed by atoms with Gasteiger partial charge in [0.2, 0.25) is 0 Å². The summed E-state index contributed by atoms with van der Waals surface area (Å²) in [6.45, 7) is 7.26. The number of benzene rings is 1. The Bertz CT molecular complexity index is 483. The van der Waals surface area contributed by atoms with E-state index < -0.39 is 11.7 Å². The van der Waals surface area contributed by atoms with Gasteiger partial charge in [-0.25, -0.2) is 0 Å². The van der Waals surface area contributed by atoms with Crippen LogP contribution < -0.4 is 10.2 Å². The molecule has 0 aromatic heterocycles. The smallest absolute Gasteiger partial charge is 0.370 e. The van der Waals surface area contributed by atoms with Gasteiger partial charge in [0.25, 0.3) is 0 Å². The first kappa shape index (κ1) is 16.1. The third kappa shape index (κ3) is 4.13. The maximum atomic E-state index is 13.0. The molecular formula is C16H23F3N2. The van der Waals surface area contributed by atoms with E-state index in [0.29, 0.717) is 17.8 Å². The third-order valence-corrected chi connectivity index (χ3v) is 3.88. The first-order valence-corrected chi connectivity index (χ1v) is 7.46. The molecule has 0 spiro atoms. The first-order valence-electron chi connectivity index (χ1n) is 7.46. The van der Waals surface area contributed by atoms with Crippen molar-refractivity contribution in [2.75, 3.05) is 18.0 Å². The van der Waals surface area contributed by atoms with Crippen LogP contribution in [0, 0.1) is 6.92 Å². The quantitative estimate of drug-likeness (QED) is 0.908. The summed E-state index contributed by atoms with van der Waals surface area (Å²) >= 11 is 0. The molecule has 118 valence electrons. The van der Waals surface area contributed by atoms with Gasteiger partial charge in [-0.3, -0.25) is 0 Å². The van der Waals surface area contributed by atoms with E-state index >= 15 is 0 Å². The number of alkyl halides is 3. The number of piperidine rings is 1. The minimum Gasteiger partial charge on any atom is -0.370 e. The molecule has 1 aromatic rings. The molecule has 1 fully saturated rings. The van der Waals surface area contributed by atoms with E-state index in [-0.39, 0.29) is 5.56 Å². The Morgan fingerprint density at radius 1 is 1.29 bits per heavy atom. The van der Waals surface area contributed by atoms with Crippen molar-refractivity contribution in [3.05, 3.63) is 29.3 Å². The lowest BCUT2D eigenvalue weighted by atomic mass is 10.0. The largest absolute Gasteiger partial charge is 0.416 e. The average Bonchev–Trinajstić information content (AvgIpc) is 2.37. The number of hydrogen-bond donors (Lipinski definition) is 1. The van der Waals surface area contributed by atoms with Crippen LogP contribution in [-0.2, 0) is 6.18 Å². The number of anilines is 1. The second-order valence-corrected chi connectivity index (χ2v) is 6.10. The van der Waals surface area contributed by atoms with E-state index in [1.807, 2.05) is 0 Å². The third-order valence-electron chi connectivity index (χ3n) is 3.88. The highest BCUT2D eigenvalue weighted by atomic mass is 19.4. The summed E-state index contributed by atoms with van der Waals surface area (Å²) < 4.78 is 39.0. The Morgan fingerprint density at radius 3 is 2.62 bits per heavy atom. The van der Waals surface area contributed by atoms with Gasteiger partial charge >= 0.3 is 6.18 Å². The van der Waals surface area contributed by atoms with Crippen molar-refractivity contribution in [2.24, 2.45) is 0 Å². The molecule has 0 bridgehead atoms. The number of aryl methyl sites for hydroxylation is 1. The molecule has 1 atom stereocenters. The topological polar surface area (TPSA) is 15.3 Å². The van der Waals surface area contributed by atoms with Crippen molar-refractivity contribution in [1.82, 2.24) is 5.32 Å². The summed E-state index contributed by atoms with van der Waals surface area (Å²) in [6.07, 6.45) is -2.21. The number of halogens is 3. The standard InChI is InChI=1S/C16H23F3N2/c1-11(2)20-13-5-4-8-21(10-13)14-7-6-12(3)15(9-14)16(17,18)19/h6-7,9,11,13,20H,4-5,8,10H2,1-3H3. The molecule has 1 unspecified atom stereocenters. The molecule has 0 aliphatic carbocycles. The van der Waals surface area contributed by atoms with E-state index in [2.05, 4.69) is 24.1 Å².